The summed E-state index contributed by atoms with van der Waals surface area (Å²) in [5.74, 6) is -0.857. The van der Waals surface area contributed by atoms with Crippen LogP contribution >= 0.6 is 0 Å². The number of esters is 3. The first-order chi connectivity index (χ1) is 34.5. The molecule has 414 valence electrons. The fourth-order valence-electron chi connectivity index (χ4n) is 9.74. The van der Waals surface area contributed by atoms with Crippen LogP contribution in [-0.2, 0) is 28.6 Å². The van der Waals surface area contributed by atoms with Crippen LogP contribution in [0.15, 0.2) is 12.2 Å². The Morgan fingerprint density at radius 2 is 0.471 bits per heavy atom. The Labute approximate surface area is 437 Å². The van der Waals surface area contributed by atoms with E-state index in [9.17, 15) is 14.4 Å². The van der Waals surface area contributed by atoms with Crippen molar-refractivity contribution < 1.29 is 28.6 Å². The molecule has 0 aromatic carbocycles. The molecule has 6 heteroatoms. The summed E-state index contributed by atoms with van der Waals surface area (Å²) in [4.78, 5) is 38.0. The fraction of sp³-hybridized carbons (Fsp3) is 0.922. The summed E-state index contributed by atoms with van der Waals surface area (Å²) in [6.45, 7) is 6.65. The van der Waals surface area contributed by atoms with Crippen molar-refractivity contribution in [3.05, 3.63) is 12.2 Å². The maximum atomic E-state index is 12.8. The fourth-order valence-corrected chi connectivity index (χ4v) is 9.74. The van der Waals surface area contributed by atoms with Crippen LogP contribution in [0.25, 0.3) is 0 Å². The molecule has 0 N–H and O–H groups in total. The zero-order valence-corrected chi connectivity index (χ0v) is 47.6. The Kier molecular flexibility index (Phi) is 58.1. The molecule has 0 spiro atoms. The number of carbonyl (C=O) groups excluding carboxylic acids is 3. The van der Waals surface area contributed by atoms with E-state index < -0.39 is 6.10 Å². The van der Waals surface area contributed by atoms with Gasteiger partial charge in [-0.2, -0.15) is 0 Å². The maximum Gasteiger partial charge on any atom is 0.306 e. The Morgan fingerprint density at radius 1 is 0.271 bits per heavy atom. The summed E-state index contributed by atoms with van der Waals surface area (Å²) >= 11 is 0. The van der Waals surface area contributed by atoms with Crippen molar-refractivity contribution in [3.8, 4) is 0 Å². The zero-order valence-electron chi connectivity index (χ0n) is 47.6. The van der Waals surface area contributed by atoms with Gasteiger partial charge >= 0.3 is 17.9 Å². The second-order valence-electron chi connectivity index (χ2n) is 21.7. The van der Waals surface area contributed by atoms with Crippen LogP contribution in [0.3, 0.4) is 0 Å². The van der Waals surface area contributed by atoms with Crippen molar-refractivity contribution in [1.82, 2.24) is 0 Å². The third kappa shape index (κ3) is 57.1. The Hall–Kier alpha value is -1.85. The molecule has 6 nitrogen and oxygen atoms in total. The first-order valence-electron chi connectivity index (χ1n) is 31.7. The standard InChI is InChI=1S/C64H122O6/c1-4-7-10-13-16-19-21-23-24-25-26-27-28-29-30-31-32-33-34-35-36-37-38-39-41-42-45-48-51-54-57-63(66)69-60-61(59-68-62(65)56-53-50-47-44-18-15-12-9-6-3)70-64(67)58-55-52-49-46-43-40-22-20-17-14-11-8-5-2/h20,22,61H,4-19,21,23-60H2,1-3H3/b22-20-. The van der Waals surface area contributed by atoms with Crippen molar-refractivity contribution in [1.29, 1.82) is 0 Å². The van der Waals surface area contributed by atoms with E-state index in [1.165, 1.54) is 257 Å². The molecule has 0 saturated carbocycles. The average molecular weight is 988 g/mol. The van der Waals surface area contributed by atoms with Crippen LogP contribution in [0.4, 0.5) is 0 Å². The van der Waals surface area contributed by atoms with Crippen LogP contribution < -0.4 is 0 Å². The number of unbranched alkanes of at least 4 members (excludes halogenated alkanes) is 46. The molecule has 0 aromatic rings. The van der Waals surface area contributed by atoms with Crippen LogP contribution in [-0.4, -0.2) is 37.2 Å². The first kappa shape index (κ1) is 68.2. The van der Waals surface area contributed by atoms with E-state index in [0.29, 0.717) is 19.3 Å². The number of carbonyl (C=O) groups is 3. The second kappa shape index (κ2) is 59.7. The third-order valence-electron chi connectivity index (χ3n) is 14.5. The van der Waals surface area contributed by atoms with Gasteiger partial charge in [-0.25, -0.2) is 0 Å². The number of hydrogen-bond donors (Lipinski definition) is 0. The molecule has 1 unspecified atom stereocenters. The van der Waals surface area contributed by atoms with Crippen LogP contribution in [0.2, 0.25) is 0 Å². The van der Waals surface area contributed by atoms with Gasteiger partial charge < -0.3 is 14.2 Å². The highest BCUT2D eigenvalue weighted by Crippen LogP contribution is 2.18. The molecule has 0 aliphatic heterocycles. The van der Waals surface area contributed by atoms with Crippen molar-refractivity contribution in [3.63, 3.8) is 0 Å². The van der Waals surface area contributed by atoms with E-state index in [4.69, 9.17) is 14.2 Å². The molecular formula is C64H122O6. The second-order valence-corrected chi connectivity index (χ2v) is 21.7. The molecule has 1 atom stereocenters. The number of ether oxygens (including phenoxy) is 3. The molecule has 0 aliphatic rings. The van der Waals surface area contributed by atoms with E-state index in [1.54, 1.807) is 0 Å². The van der Waals surface area contributed by atoms with Crippen LogP contribution in [0.5, 0.6) is 0 Å². The lowest BCUT2D eigenvalue weighted by molar-refractivity contribution is -0.167. The summed E-state index contributed by atoms with van der Waals surface area (Å²) in [6, 6.07) is 0. The van der Waals surface area contributed by atoms with Gasteiger partial charge in [0.25, 0.3) is 0 Å². The van der Waals surface area contributed by atoms with Gasteiger partial charge in [0, 0.05) is 19.3 Å². The minimum Gasteiger partial charge on any atom is -0.462 e. The molecule has 0 amide bonds. The molecular weight excluding hydrogens is 865 g/mol. The van der Waals surface area contributed by atoms with Gasteiger partial charge in [-0.3, -0.25) is 14.4 Å². The molecule has 0 bridgehead atoms. The van der Waals surface area contributed by atoms with Crippen molar-refractivity contribution in [2.75, 3.05) is 13.2 Å². The van der Waals surface area contributed by atoms with Crippen molar-refractivity contribution in [2.24, 2.45) is 0 Å². The molecule has 0 saturated heterocycles. The molecule has 0 aliphatic carbocycles. The lowest BCUT2D eigenvalue weighted by Gasteiger charge is -2.18. The van der Waals surface area contributed by atoms with Gasteiger partial charge in [0.15, 0.2) is 6.10 Å². The lowest BCUT2D eigenvalue weighted by atomic mass is 10.0. The van der Waals surface area contributed by atoms with Crippen molar-refractivity contribution >= 4 is 17.9 Å². The lowest BCUT2D eigenvalue weighted by Crippen LogP contribution is -2.30. The maximum absolute atomic E-state index is 12.8. The summed E-state index contributed by atoms with van der Waals surface area (Å²) in [7, 11) is 0. The van der Waals surface area contributed by atoms with E-state index >= 15 is 0 Å². The minimum atomic E-state index is -0.768. The van der Waals surface area contributed by atoms with E-state index in [1.807, 2.05) is 0 Å². The molecule has 0 fully saturated rings. The Bertz CT molecular complexity index is 1090. The quantitative estimate of drug-likeness (QED) is 0.0261. The highest BCUT2D eigenvalue weighted by atomic mass is 16.6. The van der Waals surface area contributed by atoms with Gasteiger partial charge in [0.2, 0.25) is 0 Å². The average Bonchev–Trinajstić information content (AvgIpc) is 3.36. The monoisotopic (exact) mass is 987 g/mol. The zero-order chi connectivity index (χ0) is 50.7. The van der Waals surface area contributed by atoms with Gasteiger partial charge in [0.05, 0.1) is 0 Å². The largest absolute Gasteiger partial charge is 0.462 e. The van der Waals surface area contributed by atoms with Gasteiger partial charge in [-0.1, -0.05) is 309 Å². The smallest absolute Gasteiger partial charge is 0.306 e. The molecule has 70 heavy (non-hydrogen) atoms. The molecule has 0 aromatic heterocycles. The third-order valence-corrected chi connectivity index (χ3v) is 14.5. The topological polar surface area (TPSA) is 78.9 Å². The normalized spacial score (nSPS) is 12.0. The minimum absolute atomic E-state index is 0.0679. The molecule has 0 heterocycles. The molecule has 0 rings (SSSR count). The SMILES string of the molecule is CCCCCC/C=C\CCCCCCCC(=O)OC(COC(=O)CCCCCCCCCCC)COC(=O)CCCCCCCCCCCCCCCCCCCCCCCCCCCCCCCC. The van der Waals surface area contributed by atoms with Gasteiger partial charge in [-0.05, 0) is 44.9 Å². The van der Waals surface area contributed by atoms with Gasteiger partial charge in [0.1, 0.15) is 13.2 Å². The predicted molar refractivity (Wildman–Crippen MR) is 303 cm³/mol. The van der Waals surface area contributed by atoms with E-state index in [2.05, 4.69) is 32.9 Å². The highest BCUT2D eigenvalue weighted by Gasteiger charge is 2.19. The first-order valence-corrected chi connectivity index (χ1v) is 31.7. The summed E-state index contributed by atoms with van der Waals surface area (Å²) < 4.78 is 16.8. The van der Waals surface area contributed by atoms with Crippen LogP contribution in [0.1, 0.15) is 361 Å². The Morgan fingerprint density at radius 3 is 0.729 bits per heavy atom. The van der Waals surface area contributed by atoms with Crippen LogP contribution in [0, 0.1) is 0 Å². The summed E-state index contributed by atoms with van der Waals surface area (Å²) in [6.07, 6.45) is 69.7. The number of hydrogen-bond acceptors (Lipinski definition) is 6. The van der Waals surface area contributed by atoms with Gasteiger partial charge in [-0.15, -0.1) is 0 Å². The summed E-state index contributed by atoms with van der Waals surface area (Å²) in [5, 5.41) is 0. The Balaban J connectivity index is 4.00. The predicted octanol–water partition coefficient (Wildman–Crippen LogP) is 21.3. The molecule has 0 radical (unpaired) electrons. The van der Waals surface area contributed by atoms with Crippen molar-refractivity contribution in [2.45, 2.75) is 367 Å². The highest BCUT2D eigenvalue weighted by molar-refractivity contribution is 5.71. The van der Waals surface area contributed by atoms with E-state index in [-0.39, 0.29) is 31.1 Å². The summed E-state index contributed by atoms with van der Waals surface area (Å²) in [5.41, 5.74) is 0. The number of allylic oxidation sites excluding steroid dienone is 2. The number of rotatable bonds is 59. The van der Waals surface area contributed by atoms with E-state index in [0.717, 1.165) is 64.2 Å².